The number of carbonyl (C=O) groups is 1. The van der Waals surface area contributed by atoms with Crippen LogP contribution in [0.4, 0.5) is 13.2 Å². The first-order valence-corrected chi connectivity index (χ1v) is 7.37. The van der Waals surface area contributed by atoms with Crippen LogP contribution in [0.3, 0.4) is 0 Å². The molecule has 0 fully saturated rings. The molecule has 0 spiro atoms. The minimum Gasteiger partial charge on any atom is -0.352 e. The zero-order chi connectivity index (χ0) is 14.3. The van der Waals surface area contributed by atoms with Crippen molar-refractivity contribution >= 4 is 17.7 Å². The number of rotatable bonds is 7. The monoisotopic (exact) mass is 291 g/mol. The predicted molar refractivity (Wildman–Crippen MR) is 70.9 cm³/mol. The minimum atomic E-state index is -1.56. The maximum absolute atomic E-state index is 12.9. The second kappa shape index (κ2) is 8.09. The maximum Gasteiger partial charge on any atom is 0.251 e. The van der Waals surface area contributed by atoms with Crippen LogP contribution in [0.5, 0.6) is 0 Å². The fourth-order valence-corrected chi connectivity index (χ4v) is 2.03. The highest BCUT2D eigenvalue weighted by atomic mass is 32.2. The van der Waals surface area contributed by atoms with Gasteiger partial charge in [0.05, 0.1) is 0 Å². The lowest BCUT2D eigenvalue weighted by atomic mass is 10.2. The molecular weight excluding hydrogens is 275 g/mol. The first kappa shape index (κ1) is 15.9. The van der Waals surface area contributed by atoms with Crippen LogP contribution in [0.2, 0.25) is 0 Å². The third-order valence-corrected chi connectivity index (χ3v) is 3.25. The maximum atomic E-state index is 12.9. The molecule has 1 N–H and O–H groups in total. The highest BCUT2D eigenvalue weighted by molar-refractivity contribution is 7.98. The highest BCUT2D eigenvalue weighted by Gasteiger charge is 2.14. The molecule has 1 aromatic rings. The van der Waals surface area contributed by atoms with Crippen LogP contribution in [0.15, 0.2) is 12.1 Å². The van der Waals surface area contributed by atoms with Crippen LogP contribution in [0.25, 0.3) is 0 Å². The summed E-state index contributed by atoms with van der Waals surface area (Å²) in [5.41, 5.74) is -0.208. The standard InChI is InChI=1S/C13H16F3NOS/c1-19-6-4-2-3-5-17-13(18)9-7-10(14)12(16)11(15)8-9/h7-8H,2-6H2,1H3,(H,17,18). The van der Waals surface area contributed by atoms with Gasteiger partial charge in [-0.3, -0.25) is 4.79 Å². The van der Waals surface area contributed by atoms with Gasteiger partial charge in [-0.15, -0.1) is 0 Å². The highest BCUT2D eigenvalue weighted by Crippen LogP contribution is 2.13. The fraction of sp³-hybridized carbons (Fsp3) is 0.462. The molecule has 2 nitrogen and oxygen atoms in total. The van der Waals surface area contributed by atoms with Crippen molar-refractivity contribution in [2.45, 2.75) is 19.3 Å². The molecule has 0 bridgehead atoms. The molecule has 0 aliphatic heterocycles. The van der Waals surface area contributed by atoms with Gasteiger partial charge in [0.2, 0.25) is 0 Å². The second-order valence-corrected chi connectivity index (χ2v) is 5.05. The Kier molecular flexibility index (Phi) is 6.77. The van der Waals surface area contributed by atoms with Crippen molar-refractivity contribution in [1.82, 2.24) is 5.32 Å². The number of hydrogen-bond acceptors (Lipinski definition) is 2. The first-order valence-electron chi connectivity index (χ1n) is 5.98. The Morgan fingerprint density at radius 1 is 1.16 bits per heavy atom. The largest absolute Gasteiger partial charge is 0.352 e. The van der Waals surface area contributed by atoms with Crippen molar-refractivity contribution in [1.29, 1.82) is 0 Å². The summed E-state index contributed by atoms with van der Waals surface area (Å²) in [5, 5.41) is 2.55. The van der Waals surface area contributed by atoms with Crippen molar-refractivity contribution in [3.05, 3.63) is 35.1 Å². The molecule has 0 aliphatic rings. The minimum absolute atomic E-state index is 0.208. The number of amides is 1. The summed E-state index contributed by atoms with van der Waals surface area (Å²) in [4.78, 5) is 11.6. The normalized spacial score (nSPS) is 10.5. The SMILES string of the molecule is CSCCCCCNC(=O)c1cc(F)c(F)c(F)c1. The van der Waals surface area contributed by atoms with Gasteiger partial charge in [-0.25, -0.2) is 13.2 Å². The lowest BCUT2D eigenvalue weighted by Crippen LogP contribution is -2.24. The zero-order valence-corrected chi connectivity index (χ0v) is 11.5. The van der Waals surface area contributed by atoms with Gasteiger partial charge < -0.3 is 5.32 Å². The summed E-state index contributed by atoms with van der Waals surface area (Å²) in [6.45, 7) is 0.438. The van der Waals surface area contributed by atoms with E-state index < -0.39 is 23.4 Å². The molecule has 0 radical (unpaired) electrons. The van der Waals surface area contributed by atoms with E-state index in [2.05, 4.69) is 5.32 Å². The molecule has 0 saturated carbocycles. The Labute approximate surface area is 114 Å². The van der Waals surface area contributed by atoms with Gasteiger partial charge in [0.1, 0.15) is 0 Å². The molecule has 0 saturated heterocycles. The third kappa shape index (κ3) is 5.14. The van der Waals surface area contributed by atoms with Crippen molar-refractivity contribution in [3.8, 4) is 0 Å². The Balaban J connectivity index is 2.42. The van der Waals surface area contributed by atoms with Gasteiger partial charge >= 0.3 is 0 Å². The first-order chi connectivity index (χ1) is 9.06. The van der Waals surface area contributed by atoms with Gasteiger partial charge in [-0.2, -0.15) is 11.8 Å². The smallest absolute Gasteiger partial charge is 0.251 e. The van der Waals surface area contributed by atoms with Gasteiger partial charge in [0.25, 0.3) is 5.91 Å². The average molecular weight is 291 g/mol. The van der Waals surface area contributed by atoms with Gasteiger partial charge in [0, 0.05) is 12.1 Å². The van der Waals surface area contributed by atoms with Gasteiger partial charge in [-0.1, -0.05) is 6.42 Å². The summed E-state index contributed by atoms with van der Waals surface area (Å²) in [7, 11) is 0. The topological polar surface area (TPSA) is 29.1 Å². The van der Waals surface area contributed by atoms with E-state index in [4.69, 9.17) is 0 Å². The summed E-state index contributed by atoms with van der Waals surface area (Å²) in [5.74, 6) is -3.80. The van der Waals surface area contributed by atoms with Crippen LogP contribution in [0, 0.1) is 17.5 Å². The van der Waals surface area contributed by atoms with E-state index in [0.29, 0.717) is 18.7 Å². The van der Waals surface area contributed by atoms with E-state index in [0.717, 1.165) is 25.0 Å². The number of thioether (sulfide) groups is 1. The molecule has 1 amide bonds. The average Bonchev–Trinajstić information content (AvgIpc) is 2.39. The van der Waals surface area contributed by atoms with Gasteiger partial charge in [0.15, 0.2) is 17.5 Å². The quantitative estimate of drug-likeness (QED) is 0.616. The molecule has 1 rings (SSSR count). The predicted octanol–water partition coefficient (Wildman–Crippen LogP) is 3.37. The Bertz CT molecular complexity index is 417. The van der Waals surface area contributed by atoms with Crippen molar-refractivity contribution < 1.29 is 18.0 Å². The van der Waals surface area contributed by atoms with Crippen molar-refractivity contribution in [2.75, 3.05) is 18.6 Å². The molecule has 19 heavy (non-hydrogen) atoms. The van der Waals surface area contributed by atoms with Crippen molar-refractivity contribution in [2.24, 2.45) is 0 Å². The lowest BCUT2D eigenvalue weighted by Gasteiger charge is -2.06. The van der Waals surface area contributed by atoms with E-state index >= 15 is 0 Å². The summed E-state index contributed by atoms with van der Waals surface area (Å²) in [6, 6.07) is 1.39. The van der Waals surface area contributed by atoms with E-state index in [-0.39, 0.29) is 5.56 Å². The van der Waals surface area contributed by atoms with E-state index in [1.807, 2.05) is 6.26 Å². The van der Waals surface area contributed by atoms with E-state index in [1.54, 1.807) is 11.8 Å². The molecule has 0 heterocycles. The van der Waals surface area contributed by atoms with Gasteiger partial charge in [-0.05, 0) is 37.0 Å². The number of hydrogen-bond donors (Lipinski definition) is 1. The van der Waals surface area contributed by atoms with Crippen LogP contribution in [-0.2, 0) is 0 Å². The summed E-state index contributed by atoms with van der Waals surface area (Å²) < 4.78 is 38.6. The third-order valence-electron chi connectivity index (χ3n) is 2.56. The zero-order valence-electron chi connectivity index (χ0n) is 10.6. The molecule has 0 aliphatic carbocycles. The molecule has 0 unspecified atom stereocenters. The second-order valence-electron chi connectivity index (χ2n) is 4.06. The van der Waals surface area contributed by atoms with Crippen molar-refractivity contribution in [3.63, 3.8) is 0 Å². The Morgan fingerprint density at radius 2 is 1.79 bits per heavy atom. The lowest BCUT2D eigenvalue weighted by molar-refractivity contribution is 0.0952. The molecular formula is C13H16F3NOS. The van der Waals surface area contributed by atoms with E-state index in [9.17, 15) is 18.0 Å². The molecule has 1 aromatic carbocycles. The molecule has 6 heteroatoms. The van der Waals surface area contributed by atoms with E-state index in [1.165, 1.54) is 0 Å². The van der Waals surface area contributed by atoms with Crippen LogP contribution < -0.4 is 5.32 Å². The molecule has 0 atom stereocenters. The van der Waals surface area contributed by atoms with Crippen LogP contribution >= 0.6 is 11.8 Å². The number of halogens is 3. The molecule has 106 valence electrons. The number of nitrogens with one attached hydrogen (secondary N) is 1. The Hall–Kier alpha value is -1.17. The Morgan fingerprint density at radius 3 is 2.37 bits per heavy atom. The number of benzene rings is 1. The number of carbonyl (C=O) groups excluding carboxylic acids is 1. The van der Waals surface area contributed by atoms with Crippen LogP contribution in [0.1, 0.15) is 29.6 Å². The summed E-state index contributed by atoms with van der Waals surface area (Å²) >= 11 is 1.76. The van der Waals surface area contributed by atoms with Crippen LogP contribution in [-0.4, -0.2) is 24.5 Å². The number of unbranched alkanes of at least 4 members (excludes halogenated alkanes) is 2. The summed E-state index contributed by atoms with van der Waals surface area (Å²) in [6.07, 6.45) is 4.88. The molecule has 0 aromatic heterocycles. The fourth-order valence-electron chi connectivity index (χ4n) is 1.54.